The van der Waals surface area contributed by atoms with E-state index in [1.54, 1.807) is 23.6 Å². The smallest absolute Gasteiger partial charge is 0.255 e. The van der Waals surface area contributed by atoms with Crippen LogP contribution in [-0.2, 0) is 19.5 Å². The first-order chi connectivity index (χ1) is 11.7. The summed E-state index contributed by atoms with van der Waals surface area (Å²) in [4.78, 5) is 27.0. The maximum Gasteiger partial charge on any atom is 0.255 e. The Morgan fingerprint density at radius 3 is 3.04 bits per heavy atom. The van der Waals surface area contributed by atoms with Crippen LogP contribution in [0.25, 0.3) is 10.7 Å². The zero-order valence-corrected chi connectivity index (χ0v) is 13.6. The van der Waals surface area contributed by atoms with Gasteiger partial charge in [-0.05, 0) is 23.6 Å². The molecular weight excluding hydrogens is 327 g/mol. The quantitative estimate of drug-likeness (QED) is 0.795. The van der Waals surface area contributed by atoms with Gasteiger partial charge in [0.05, 0.1) is 21.8 Å². The average molecular weight is 342 g/mol. The highest BCUT2D eigenvalue weighted by Crippen LogP contribution is 2.23. The van der Waals surface area contributed by atoms with Crippen LogP contribution in [0.3, 0.4) is 0 Å². The number of pyridine rings is 1. The molecule has 0 saturated heterocycles. The molecule has 24 heavy (non-hydrogen) atoms. The number of H-pyrrole nitrogens is 1. The summed E-state index contributed by atoms with van der Waals surface area (Å²) in [5.74, 6) is 0.307. The van der Waals surface area contributed by atoms with Crippen molar-refractivity contribution in [3.8, 4) is 10.7 Å². The van der Waals surface area contributed by atoms with Crippen LogP contribution < -0.4 is 5.56 Å². The summed E-state index contributed by atoms with van der Waals surface area (Å²) >= 11 is 1.55. The van der Waals surface area contributed by atoms with Gasteiger partial charge < -0.3 is 4.98 Å². The summed E-state index contributed by atoms with van der Waals surface area (Å²) in [5, 5.41) is 1.96. The number of halogens is 1. The number of nitrogens with zero attached hydrogens (tertiary/aromatic N) is 3. The van der Waals surface area contributed by atoms with Gasteiger partial charge in [0.15, 0.2) is 5.82 Å². The van der Waals surface area contributed by atoms with Gasteiger partial charge in [-0.3, -0.25) is 14.7 Å². The van der Waals surface area contributed by atoms with Gasteiger partial charge >= 0.3 is 0 Å². The zero-order valence-electron chi connectivity index (χ0n) is 12.8. The van der Waals surface area contributed by atoms with Crippen LogP contribution >= 0.6 is 11.3 Å². The topological polar surface area (TPSA) is 61.9 Å². The molecule has 7 heteroatoms. The minimum Gasteiger partial charge on any atom is -0.306 e. The Hall–Kier alpha value is -2.38. The molecule has 0 bridgehead atoms. The molecule has 1 aliphatic heterocycles. The number of hydrogen-bond donors (Lipinski definition) is 1. The predicted molar refractivity (Wildman–Crippen MR) is 90.2 cm³/mol. The third-order valence-corrected chi connectivity index (χ3v) is 4.99. The summed E-state index contributed by atoms with van der Waals surface area (Å²) in [6.45, 7) is 1.57. The van der Waals surface area contributed by atoms with Crippen molar-refractivity contribution in [2.24, 2.45) is 0 Å². The van der Waals surface area contributed by atoms with Gasteiger partial charge in [0.25, 0.3) is 5.56 Å². The van der Waals surface area contributed by atoms with Crippen LogP contribution in [0.5, 0.6) is 0 Å². The van der Waals surface area contributed by atoms with E-state index >= 15 is 0 Å². The largest absolute Gasteiger partial charge is 0.306 e. The maximum atomic E-state index is 13.8. The summed E-state index contributed by atoms with van der Waals surface area (Å²) in [6.07, 6.45) is 2.25. The van der Waals surface area contributed by atoms with E-state index in [9.17, 15) is 9.18 Å². The lowest BCUT2D eigenvalue weighted by molar-refractivity contribution is 0.235. The third-order valence-electron chi connectivity index (χ3n) is 4.11. The molecule has 0 aliphatic carbocycles. The standard InChI is InChI=1S/C17H15FN4OS/c18-12-3-1-6-19-14(12)10-22-7-5-13-11(9-22)17(23)21-16(20-13)15-4-2-8-24-15/h1-4,6,8H,5,7,9-10H2,(H,20,21,23). The monoisotopic (exact) mass is 342 g/mol. The summed E-state index contributed by atoms with van der Waals surface area (Å²) < 4.78 is 13.8. The Morgan fingerprint density at radius 1 is 1.33 bits per heavy atom. The molecule has 0 amide bonds. The second kappa shape index (κ2) is 6.26. The van der Waals surface area contributed by atoms with E-state index in [-0.39, 0.29) is 11.4 Å². The van der Waals surface area contributed by atoms with E-state index in [0.717, 1.165) is 17.1 Å². The van der Waals surface area contributed by atoms with E-state index in [1.807, 2.05) is 22.4 Å². The number of rotatable bonds is 3. The molecule has 5 nitrogen and oxygen atoms in total. The Kier molecular flexibility index (Phi) is 3.95. The molecule has 1 N–H and O–H groups in total. The highest BCUT2D eigenvalue weighted by Gasteiger charge is 2.22. The first kappa shape index (κ1) is 15.2. The van der Waals surface area contributed by atoms with Crippen molar-refractivity contribution in [2.45, 2.75) is 19.5 Å². The fraction of sp³-hybridized carbons (Fsp3) is 0.235. The van der Waals surface area contributed by atoms with Gasteiger partial charge in [0.2, 0.25) is 0 Å². The van der Waals surface area contributed by atoms with Crippen LogP contribution in [0.4, 0.5) is 4.39 Å². The van der Waals surface area contributed by atoms with Crippen molar-refractivity contribution in [3.63, 3.8) is 0 Å². The lowest BCUT2D eigenvalue weighted by atomic mass is 10.1. The summed E-state index contributed by atoms with van der Waals surface area (Å²) in [5.41, 5.74) is 1.79. The fourth-order valence-corrected chi connectivity index (χ4v) is 3.56. The molecule has 122 valence electrons. The van der Waals surface area contributed by atoms with Crippen molar-refractivity contribution in [1.29, 1.82) is 0 Å². The Balaban J connectivity index is 1.60. The molecule has 0 spiro atoms. The van der Waals surface area contributed by atoms with Crippen molar-refractivity contribution < 1.29 is 4.39 Å². The van der Waals surface area contributed by atoms with E-state index in [1.165, 1.54) is 6.07 Å². The molecule has 0 unspecified atom stereocenters. The van der Waals surface area contributed by atoms with Gasteiger partial charge in [-0.2, -0.15) is 0 Å². The van der Waals surface area contributed by atoms with Crippen LogP contribution in [-0.4, -0.2) is 26.4 Å². The molecule has 3 aromatic rings. The highest BCUT2D eigenvalue weighted by molar-refractivity contribution is 7.13. The molecule has 1 aliphatic rings. The fourth-order valence-electron chi connectivity index (χ4n) is 2.89. The second-order valence-electron chi connectivity index (χ2n) is 5.71. The lowest BCUT2D eigenvalue weighted by Gasteiger charge is -2.27. The number of thiophene rings is 1. The molecule has 4 heterocycles. The summed E-state index contributed by atoms with van der Waals surface area (Å²) in [7, 11) is 0. The normalized spacial score (nSPS) is 14.5. The van der Waals surface area contributed by atoms with Crippen molar-refractivity contribution in [1.82, 2.24) is 19.9 Å². The number of hydrogen-bond acceptors (Lipinski definition) is 5. The third kappa shape index (κ3) is 2.88. The zero-order chi connectivity index (χ0) is 16.5. The minimum absolute atomic E-state index is 0.116. The van der Waals surface area contributed by atoms with E-state index in [4.69, 9.17) is 0 Å². The van der Waals surface area contributed by atoms with Gasteiger partial charge in [-0.1, -0.05) is 6.07 Å². The van der Waals surface area contributed by atoms with E-state index in [0.29, 0.717) is 36.6 Å². The van der Waals surface area contributed by atoms with Crippen molar-refractivity contribution in [2.75, 3.05) is 6.54 Å². The Labute approximate surface area is 141 Å². The Bertz CT molecular complexity index is 923. The molecular formula is C17H15FN4OS. The van der Waals surface area contributed by atoms with E-state index < -0.39 is 0 Å². The molecule has 0 atom stereocenters. The van der Waals surface area contributed by atoms with E-state index in [2.05, 4.69) is 15.0 Å². The summed E-state index contributed by atoms with van der Waals surface area (Å²) in [6, 6.07) is 6.85. The molecule has 0 radical (unpaired) electrons. The number of fused-ring (bicyclic) bond motifs is 1. The van der Waals surface area contributed by atoms with Crippen molar-refractivity contribution >= 4 is 11.3 Å². The van der Waals surface area contributed by atoms with Crippen LogP contribution in [0.15, 0.2) is 40.6 Å². The number of nitrogens with one attached hydrogen (secondary N) is 1. The van der Waals surface area contributed by atoms with Crippen molar-refractivity contribution in [3.05, 3.63) is 69.0 Å². The molecule has 0 saturated carbocycles. The number of aromatic nitrogens is 3. The van der Waals surface area contributed by atoms with Gasteiger partial charge in [0, 0.05) is 32.3 Å². The molecule has 0 fully saturated rings. The predicted octanol–water partition coefficient (Wildman–Crippen LogP) is 2.59. The Morgan fingerprint density at radius 2 is 2.25 bits per heavy atom. The maximum absolute atomic E-state index is 13.8. The second-order valence-corrected chi connectivity index (χ2v) is 6.66. The lowest BCUT2D eigenvalue weighted by Crippen LogP contribution is -2.35. The number of aromatic amines is 1. The first-order valence-electron chi connectivity index (χ1n) is 7.68. The average Bonchev–Trinajstić information content (AvgIpc) is 3.12. The minimum atomic E-state index is -0.316. The van der Waals surface area contributed by atoms with Gasteiger partial charge in [-0.15, -0.1) is 11.3 Å². The molecule has 3 aromatic heterocycles. The first-order valence-corrected chi connectivity index (χ1v) is 8.56. The van der Waals surface area contributed by atoms with Gasteiger partial charge in [0.1, 0.15) is 5.82 Å². The van der Waals surface area contributed by atoms with Crippen LogP contribution in [0.1, 0.15) is 17.0 Å². The molecule has 4 rings (SSSR count). The van der Waals surface area contributed by atoms with Gasteiger partial charge in [-0.25, -0.2) is 9.37 Å². The van der Waals surface area contributed by atoms with Crippen LogP contribution in [0, 0.1) is 5.82 Å². The highest BCUT2D eigenvalue weighted by atomic mass is 32.1. The van der Waals surface area contributed by atoms with Crippen LogP contribution in [0.2, 0.25) is 0 Å². The SMILES string of the molecule is O=c1[nH]c(-c2cccs2)nc2c1CN(Cc1ncccc1F)CC2. The molecule has 0 aromatic carbocycles.